The maximum Gasteiger partial charge on any atom is 0.272 e. The predicted octanol–water partition coefficient (Wildman–Crippen LogP) is 5.42. The van der Waals surface area contributed by atoms with Gasteiger partial charge >= 0.3 is 0 Å². The molecule has 1 N–H and O–H groups in total. The Morgan fingerprint density at radius 3 is 2.57 bits per heavy atom. The molecule has 2 aromatic rings. The number of nitrogens with one attached hydrogen (secondary N) is 1. The lowest BCUT2D eigenvalue weighted by Crippen LogP contribution is -2.49. The molecule has 2 heterocycles. The third-order valence-electron chi connectivity index (χ3n) is 8.16. The molecule has 5 heteroatoms. The first-order valence-corrected chi connectivity index (χ1v) is 12.6. The van der Waals surface area contributed by atoms with Crippen LogP contribution >= 0.6 is 11.8 Å². The topological polar surface area (TPSA) is 46.9 Å². The quantitative estimate of drug-likeness (QED) is 0.717. The third kappa shape index (κ3) is 3.04. The Labute approximate surface area is 183 Å². The first-order chi connectivity index (χ1) is 14.5. The number of carbonyl (C=O) groups excluding carboxylic acids is 1. The molecule has 4 aliphatic carbocycles. The Morgan fingerprint density at radius 2 is 1.87 bits per heavy atom. The summed E-state index contributed by atoms with van der Waals surface area (Å²) in [6, 6.07) is 8.64. The van der Waals surface area contributed by atoms with Crippen LogP contribution in [0, 0.1) is 23.2 Å². The number of carbonyl (C=O) groups is 1. The highest BCUT2D eigenvalue weighted by Crippen LogP contribution is 2.61. The minimum absolute atomic E-state index is 0.00376. The van der Waals surface area contributed by atoms with Crippen molar-refractivity contribution in [1.82, 2.24) is 15.1 Å². The fourth-order valence-corrected chi connectivity index (χ4v) is 8.76. The highest BCUT2D eigenvalue weighted by atomic mass is 32.2. The van der Waals surface area contributed by atoms with Crippen molar-refractivity contribution in [1.29, 1.82) is 0 Å². The molecule has 5 aliphatic rings. The van der Waals surface area contributed by atoms with Crippen LogP contribution in [0.25, 0.3) is 11.3 Å². The molecule has 158 valence electrons. The van der Waals surface area contributed by atoms with Gasteiger partial charge in [0, 0.05) is 34.9 Å². The molecule has 0 unspecified atom stereocenters. The van der Waals surface area contributed by atoms with Crippen molar-refractivity contribution in [2.45, 2.75) is 68.6 Å². The number of nitrogens with zero attached hydrogens (tertiary/aromatic N) is 2. The van der Waals surface area contributed by atoms with E-state index in [4.69, 9.17) is 0 Å². The molecule has 1 atom stereocenters. The molecular formula is C25H31N3OS. The summed E-state index contributed by atoms with van der Waals surface area (Å²) in [5.41, 5.74) is 4.48. The molecular weight excluding hydrogens is 390 g/mol. The normalized spacial score (nSPS) is 31.9. The molecule has 1 amide bonds. The molecule has 1 aliphatic heterocycles. The van der Waals surface area contributed by atoms with E-state index in [2.05, 4.69) is 41.6 Å². The summed E-state index contributed by atoms with van der Waals surface area (Å²) in [7, 11) is 1.96. The minimum Gasteiger partial charge on any atom is -0.348 e. The smallest absolute Gasteiger partial charge is 0.272 e. The van der Waals surface area contributed by atoms with Crippen LogP contribution in [0.4, 0.5) is 0 Å². The van der Waals surface area contributed by atoms with E-state index in [0.717, 1.165) is 41.2 Å². The molecule has 4 saturated carbocycles. The number of amides is 1. The van der Waals surface area contributed by atoms with Crippen molar-refractivity contribution >= 4 is 17.7 Å². The lowest BCUT2D eigenvalue weighted by molar-refractivity contribution is -0.0607. The molecule has 1 aromatic carbocycles. The minimum atomic E-state index is 0.00376. The van der Waals surface area contributed by atoms with Gasteiger partial charge in [0.2, 0.25) is 0 Å². The zero-order valence-electron chi connectivity index (χ0n) is 18.0. The highest BCUT2D eigenvalue weighted by Gasteiger charge is 2.51. The maximum absolute atomic E-state index is 13.2. The number of aromatic nitrogens is 2. The van der Waals surface area contributed by atoms with Gasteiger partial charge in [-0.2, -0.15) is 5.10 Å². The fourth-order valence-electron chi connectivity index (χ4n) is 7.69. The van der Waals surface area contributed by atoms with Gasteiger partial charge in [-0.3, -0.25) is 9.48 Å². The zero-order chi connectivity index (χ0) is 20.5. The summed E-state index contributed by atoms with van der Waals surface area (Å²) in [6.45, 7) is 2.20. The number of fused-ring (bicyclic) bond motifs is 3. The molecule has 4 bridgehead atoms. The lowest BCUT2D eigenvalue weighted by Gasteiger charge is -2.57. The van der Waals surface area contributed by atoms with Gasteiger partial charge in [0.15, 0.2) is 5.69 Å². The second-order valence-corrected chi connectivity index (χ2v) is 11.6. The van der Waals surface area contributed by atoms with Crippen molar-refractivity contribution in [3.8, 4) is 11.3 Å². The number of rotatable bonds is 4. The molecule has 0 saturated heterocycles. The van der Waals surface area contributed by atoms with E-state index in [1.807, 2.05) is 11.7 Å². The molecule has 0 radical (unpaired) electrons. The van der Waals surface area contributed by atoms with Crippen LogP contribution in [0.3, 0.4) is 0 Å². The van der Waals surface area contributed by atoms with E-state index < -0.39 is 0 Å². The number of hydrogen-bond acceptors (Lipinski definition) is 3. The second-order valence-electron chi connectivity index (χ2n) is 10.6. The number of aryl methyl sites for hydroxylation is 1. The average molecular weight is 422 g/mol. The molecule has 4 nitrogen and oxygen atoms in total. The second kappa shape index (κ2) is 6.88. The van der Waals surface area contributed by atoms with Crippen LogP contribution in [0.5, 0.6) is 0 Å². The van der Waals surface area contributed by atoms with Crippen molar-refractivity contribution in [2.24, 2.45) is 30.2 Å². The van der Waals surface area contributed by atoms with Gasteiger partial charge in [-0.1, -0.05) is 18.2 Å². The predicted molar refractivity (Wildman–Crippen MR) is 120 cm³/mol. The molecule has 1 aromatic heterocycles. The fraction of sp³-hybridized carbons (Fsp3) is 0.600. The van der Waals surface area contributed by atoms with E-state index in [1.54, 1.807) is 11.8 Å². The summed E-state index contributed by atoms with van der Waals surface area (Å²) >= 11 is 1.81. The van der Waals surface area contributed by atoms with Gasteiger partial charge in [-0.25, -0.2) is 0 Å². The molecule has 30 heavy (non-hydrogen) atoms. The van der Waals surface area contributed by atoms with E-state index >= 15 is 0 Å². The summed E-state index contributed by atoms with van der Waals surface area (Å²) in [5, 5.41) is 8.00. The van der Waals surface area contributed by atoms with Crippen molar-refractivity contribution in [3.05, 3.63) is 35.5 Å². The van der Waals surface area contributed by atoms with Crippen LogP contribution in [0.15, 0.2) is 29.2 Å². The van der Waals surface area contributed by atoms with Crippen LogP contribution in [0.2, 0.25) is 0 Å². The van der Waals surface area contributed by atoms with Gasteiger partial charge in [0.1, 0.15) is 0 Å². The molecule has 0 spiro atoms. The summed E-state index contributed by atoms with van der Waals surface area (Å²) < 4.78 is 1.90. The summed E-state index contributed by atoms with van der Waals surface area (Å²) in [5.74, 6) is 3.69. The van der Waals surface area contributed by atoms with Gasteiger partial charge in [0.25, 0.3) is 5.91 Å². The van der Waals surface area contributed by atoms with Gasteiger partial charge < -0.3 is 5.32 Å². The van der Waals surface area contributed by atoms with Crippen LogP contribution in [0.1, 0.15) is 67.9 Å². The summed E-state index contributed by atoms with van der Waals surface area (Å²) in [6.07, 6.45) is 9.73. The number of hydrogen-bond donors (Lipinski definition) is 1. The molecule has 7 rings (SSSR count). The van der Waals surface area contributed by atoms with Crippen molar-refractivity contribution in [3.63, 3.8) is 0 Å². The first-order valence-electron chi connectivity index (χ1n) is 11.6. The van der Waals surface area contributed by atoms with Gasteiger partial charge in [-0.05, 0) is 81.1 Å². The van der Waals surface area contributed by atoms with E-state index in [-0.39, 0.29) is 11.9 Å². The first kappa shape index (κ1) is 19.0. The molecule has 4 fully saturated rings. The number of thioether (sulfide) groups is 1. The van der Waals surface area contributed by atoms with Gasteiger partial charge in [0.05, 0.1) is 5.69 Å². The Balaban J connectivity index is 1.20. The van der Waals surface area contributed by atoms with Crippen molar-refractivity contribution in [2.75, 3.05) is 0 Å². The van der Waals surface area contributed by atoms with Crippen molar-refractivity contribution < 1.29 is 4.79 Å². The van der Waals surface area contributed by atoms with E-state index in [0.29, 0.717) is 11.1 Å². The Bertz CT molecular complexity index is 975. The maximum atomic E-state index is 13.2. The zero-order valence-corrected chi connectivity index (χ0v) is 18.8. The Morgan fingerprint density at radius 1 is 1.20 bits per heavy atom. The number of benzene rings is 1. The monoisotopic (exact) mass is 421 g/mol. The van der Waals surface area contributed by atoms with Crippen LogP contribution < -0.4 is 5.32 Å². The highest BCUT2D eigenvalue weighted by molar-refractivity contribution is 7.98. The van der Waals surface area contributed by atoms with Gasteiger partial charge in [-0.15, -0.1) is 11.8 Å². The van der Waals surface area contributed by atoms with E-state index in [1.165, 1.54) is 49.0 Å². The average Bonchev–Trinajstić information content (AvgIpc) is 3.03. The van der Waals surface area contributed by atoms with Crippen LogP contribution in [-0.4, -0.2) is 21.7 Å². The summed E-state index contributed by atoms with van der Waals surface area (Å²) in [4.78, 5) is 14.5. The van der Waals surface area contributed by atoms with E-state index in [9.17, 15) is 4.79 Å². The van der Waals surface area contributed by atoms with Crippen LogP contribution in [-0.2, 0) is 12.8 Å². The lowest BCUT2D eigenvalue weighted by atomic mass is 9.48. The largest absolute Gasteiger partial charge is 0.348 e. The Hall–Kier alpha value is -1.75. The third-order valence-corrected chi connectivity index (χ3v) is 9.26. The SMILES string of the molecule is C[C@@H](CC12CC3CC(CC(C3)C1)C2)NC(=O)c1nn(C)c2c1CSc1ccccc1-2. The standard InChI is InChI=1S/C25H31N3OS/c1-15(10-25-11-16-7-17(12-25)9-18(8-16)13-25)26-24(29)22-20-14-30-21-6-4-3-5-19(21)23(20)28(2)27-22/h3-6,15-18H,7-14H2,1-2H3,(H,26,29)/t15-,16?,17?,18?,25?/m0/s1. The Kier molecular flexibility index (Phi) is 4.35.